The molecule has 8 heteroatoms. The highest BCUT2D eigenvalue weighted by Crippen LogP contribution is 2.34. The summed E-state index contributed by atoms with van der Waals surface area (Å²) in [4.78, 5) is 4.06. The summed E-state index contributed by atoms with van der Waals surface area (Å²) in [5, 5.41) is 22.3. The summed E-state index contributed by atoms with van der Waals surface area (Å²) in [6.07, 6.45) is -3.38. The zero-order valence-electron chi connectivity index (χ0n) is 10.3. The Labute approximate surface area is 115 Å². The lowest BCUT2D eigenvalue weighted by molar-refractivity contribution is -0.142. The van der Waals surface area contributed by atoms with E-state index in [4.69, 9.17) is 0 Å². The first-order valence-electron chi connectivity index (χ1n) is 5.80. The lowest BCUT2D eigenvalue weighted by Crippen LogP contribution is -2.13. The van der Waals surface area contributed by atoms with E-state index in [1.807, 2.05) is 0 Å². The second kappa shape index (κ2) is 4.37. The van der Waals surface area contributed by atoms with Crippen LogP contribution in [0.15, 0.2) is 36.5 Å². The molecule has 2 heterocycles. The van der Waals surface area contributed by atoms with Crippen LogP contribution in [0.5, 0.6) is 11.5 Å². The zero-order valence-corrected chi connectivity index (χ0v) is 10.3. The fourth-order valence-electron chi connectivity index (χ4n) is 1.95. The molecular formula is C13H8F3N3O2. The van der Waals surface area contributed by atoms with Crippen molar-refractivity contribution in [3.05, 3.63) is 42.2 Å². The number of aromatic nitrogens is 3. The Bertz CT molecular complexity index is 827. The molecule has 108 valence electrons. The average Bonchev–Trinajstić information content (AvgIpc) is 2.87. The van der Waals surface area contributed by atoms with E-state index in [-0.39, 0.29) is 22.7 Å². The highest BCUT2D eigenvalue weighted by atomic mass is 19.4. The normalized spacial score (nSPS) is 12.0. The van der Waals surface area contributed by atoms with Crippen molar-refractivity contribution in [1.29, 1.82) is 0 Å². The third-order valence-corrected chi connectivity index (χ3v) is 2.92. The molecule has 0 unspecified atom stereocenters. The molecular weight excluding hydrogens is 287 g/mol. The molecule has 0 saturated carbocycles. The Hall–Kier alpha value is -2.77. The molecule has 0 aliphatic carbocycles. The van der Waals surface area contributed by atoms with Crippen molar-refractivity contribution in [3.63, 3.8) is 0 Å². The van der Waals surface area contributed by atoms with Crippen molar-refractivity contribution >= 4 is 5.65 Å². The maximum Gasteiger partial charge on any atom is 0.433 e. The van der Waals surface area contributed by atoms with Gasteiger partial charge in [0.2, 0.25) is 0 Å². The molecule has 0 bridgehead atoms. The molecule has 21 heavy (non-hydrogen) atoms. The van der Waals surface area contributed by atoms with Gasteiger partial charge in [0.15, 0.2) is 22.8 Å². The quantitative estimate of drug-likeness (QED) is 0.677. The molecule has 0 atom stereocenters. The van der Waals surface area contributed by atoms with Crippen LogP contribution in [-0.2, 0) is 6.18 Å². The molecule has 1 aromatic carbocycles. The van der Waals surface area contributed by atoms with Crippen LogP contribution in [0.25, 0.3) is 16.9 Å². The fourth-order valence-corrected chi connectivity index (χ4v) is 1.95. The number of hydrogen-bond donors (Lipinski definition) is 2. The highest BCUT2D eigenvalue weighted by molar-refractivity contribution is 5.66. The van der Waals surface area contributed by atoms with Gasteiger partial charge in [0.25, 0.3) is 0 Å². The number of benzene rings is 1. The van der Waals surface area contributed by atoms with E-state index in [1.54, 1.807) is 0 Å². The van der Waals surface area contributed by atoms with Crippen molar-refractivity contribution in [2.75, 3.05) is 0 Å². The lowest BCUT2D eigenvalue weighted by atomic mass is 10.1. The van der Waals surface area contributed by atoms with Crippen molar-refractivity contribution in [1.82, 2.24) is 14.6 Å². The van der Waals surface area contributed by atoms with Crippen molar-refractivity contribution in [2.45, 2.75) is 6.18 Å². The standard InChI is InChI=1S/C13H8F3N3O2/c14-13(15,16)11-6-8(18-12-3-4-17-19(11)12)7-1-2-9(20)10(21)5-7/h1-6,20-21H. The smallest absolute Gasteiger partial charge is 0.433 e. The highest BCUT2D eigenvalue weighted by Gasteiger charge is 2.35. The molecule has 0 aliphatic heterocycles. The Morgan fingerprint density at radius 3 is 2.43 bits per heavy atom. The van der Waals surface area contributed by atoms with Crippen molar-refractivity contribution < 1.29 is 23.4 Å². The molecule has 0 amide bonds. The fraction of sp³-hybridized carbons (Fsp3) is 0.0769. The lowest BCUT2D eigenvalue weighted by Gasteiger charge is -2.11. The molecule has 2 aromatic heterocycles. The first-order chi connectivity index (χ1) is 9.86. The number of nitrogens with zero attached hydrogens (tertiary/aromatic N) is 3. The van der Waals surface area contributed by atoms with Gasteiger partial charge in [0.1, 0.15) is 0 Å². The molecule has 5 nitrogen and oxygen atoms in total. The minimum atomic E-state index is -4.60. The van der Waals surface area contributed by atoms with Gasteiger partial charge in [-0.3, -0.25) is 0 Å². The Morgan fingerprint density at radius 2 is 1.76 bits per heavy atom. The largest absolute Gasteiger partial charge is 0.504 e. The predicted octanol–water partition coefficient (Wildman–Crippen LogP) is 2.83. The first kappa shape index (κ1) is 13.2. The number of halogens is 3. The Balaban J connectivity index is 2.26. The first-order valence-corrected chi connectivity index (χ1v) is 5.80. The number of phenolic OH excluding ortho intramolecular Hbond substituents is 2. The van der Waals surface area contributed by atoms with E-state index < -0.39 is 17.6 Å². The van der Waals surface area contributed by atoms with Gasteiger partial charge in [-0.25, -0.2) is 9.50 Å². The number of rotatable bonds is 1. The molecule has 0 aliphatic rings. The van der Waals surface area contributed by atoms with E-state index in [1.165, 1.54) is 24.4 Å². The number of alkyl halides is 3. The molecule has 0 fully saturated rings. The van der Waals surface area contributed by atoms with E-state index >= 15 is 0 Å². The van der Waals surface area contributed by atoms with E-state index in [0.29, 0.717) is 4.52 Å². The topological polar surface area (TPSA) is 70.7 Å². The van der Waals surface area contributed by atoms with Crippen LogP contribution in [0.4, 0.5) is 13.2 Å². The molecule has 2 N–H and O–H groups in total. The third kappa shape index (κ3) is 2.24. The minimum Gasteiger partial charge on any atom is -0.504 e. The summed E-state index contributed by atoms with van der Waals surface area (Å²) in [5.41, 5.74) is -0.669. The van der Waals surface area contributed by atoms with Crippen LogP contribution in [-0.4, -0.2) is 24.8 Å². The van der Waals surface area contributed by atoms with Crippen molar-refractivity contribution in [3.8, 4) is 22.8 Å². The monoisotopic (exact) mass is 295 g/mol. The molecule has 0 radical (unpaired) electrons. The van der Waals surface area contributed by atoms with Crippen LogP contribution < -0.4 is 0 Å². The van der Waals surface area contributed by atoms with Gasteiger partial charge in [-0.15, -0.1) is 0 Å². The van der Waals surface area contributed by atoms with Crippen LogP contribution in [0.1, 0.15) is 5.69 Å². The summed E-state index contributed by atoms with van der Waals surface area (Å²) >= 11 is 0. The van der Waals surface area contributed by atoms with Gasteiger partial charge in [-0.05, 0) is 24.3 Å². The molecule has 0 saturated heterocycles. The summed E-state index contributed by atoms with van der Waals surface area (Å²) < 4.78 is 39.9. The van der Waals surface area contributed by atoms with Gasteiger partial charge in [-0.2, -0.15) is 18.3 Å². The van der Waals surface area contributed by atoms with E-state index in [9.17, 15) is 23.4 Å². The number of aromatic hydroxyl groups is 2. The second-order valence-corrected chi connectivity index (χ2v) is 4.33. The van der Waals surface area contributed by atoms with Gasteiger partial charge < -0.3 is 10.2 Å². The predicted molar refractivity (Wildman–Crippen MR) is 66.8 cm³/mol. The maximum atomic E-state index is 13.1. The summed E-state index contributed by atoms with van der Waals surface area (Å²) in [6.45, 7) is 0. The van der Waals surface area contributed by atoms with Gasteiger partial charge >= 0.3 is 6.18 Å². The van der Waals surface area contributed by atoms with E-state index in [0.717, 1.165) is 12.1 Å². The molecule has 3 rings (SSSR count). The third-order valence-electron chi connectivity index (χ3n) is 2.92. The van der Waals surface area contributed by atoms with Crippen LogP contribution in [0.3, 0.4) is 0 Å². The Kier molecular flexibility index (Phi) is 2.75. The van der Waals surface area contributed by atoms with Gasteiger partial charge in [-0.1, -0.05) is 0 Å². The number of hydrogen-bond acceptors (Lipinski definition) is 4. The van der Waals surface area contributed by atoms with Crippen LogP contribution in [0.2, 0.25) is 0 Å². The number of fused-ring (bicyclic) bond motifs is 1. The average molecular weight is 295 g/mol. The second-order valence-electron chi connectivity index (χ2n) is 4.33. The summed E-state index contributed by atoms with van der Waals surface area (Å²) in [6, 6.07) is 5.88. The summed E-state index contributed by atoms with van der Waals surface area (Å²) in [5.74, 6) is -0.795. The SMILES string of the molecule is Oc1ccc(-c2cc(C(F)(F)F)n3nccc3n2)cc1O. The maximum absolute atomic E-state index is 13.1. The van der Waals surface area contributed by atoms with Crippen molar-refractivity contribution in [2.24, 2.45) is 0 Å². The van der Waals surface area contributed by atoms with E-state index in [2.05, 4.69) is 10.1 Å². The van der Waals surface area contributed by atoms with Gasteiger partial charge in [0.05, 0.1) is 11.9 Å². The van der Waals surface area contributed by atoms with Gasteiger partial charge in [0, 0.05) is 11.6 Å². The van der Waals surface area contributed by atoms with Crippen LogP contribution in [0, 0.1) is 0 Å². The summed E-state index contributed by atoms with van der Waals surface area (Å²) in [7, 11) is 0. The minimum absolute atomic E-state index is 0.0191. The van der Waals surface area contributed by atoms with Crippen LogP contribution >= 0.6 is 0 Å². The number of phenols is 2. The molecule has 3 aromatic rings. The Morgan fingerprint density at radius 1 is 1.00 bits per heavy atom. The zero-order chi connectivity index (χ0) is 15.2. The molecule has 0 spiro atoms.